The van der Waals surface area contributed by atoms with E-state index in [0.717, 1.165) is 18.5 Å². The SMILES string of the molecule is CC(C)(CC(=O)O)CC(=O)N(Cc1ccccn1)C1CC1. The van der Waals surface area contributed by atoms with Crippen molar-refractivity contribution in [2.45, 2.75) is 52.1 Å². The molecule has 0 spiro atoms. The van der Waals surface area contributed by atoms with Gasteiger partial charge in [0.05, 0.1) is 18.7 Å². The van der Waals surface area contributed by atoms with Gasteiger partial charge in [-0.15, -0.1) is 0 Å². The maximum Gasteiger partial charge on any atom is 0.303 e. The Morgan fingerprint density at radius 2 is 2.05 bits per heavy atom. The first kappa shape index (κ1) is 15.5. The average molecular weight is 290 g/mol. The number of carbonyl (C=O) groups excluding carboxylic acids is 1. The second-order valence-corrected chi connectivity index (χ2v) is 6.49. The van der Waals surface area contributed by atoms with Crippen molar-refractivity contribution in [3.8, 4) is 0 Å². The third kappa shape index (κ3) is 4.85. The summed E-state index contributed by atoms with van der Waals surface area (Å²) in [5.41, 5.74) is 0.342. The van der Waals surface area contributed by atoms with Crippen molar-refractivity contribution in [2.75, 3.05) is 0 Å². The predicted molar refractivity (Wildman–Crippen MR) is 78.5 cm³/mol. The van der Waals surface area contributed by atoms with Gasteiger partial charge in [-0.25, -0.2) is 0 Å². The normalized spacial score (nSPS) is 14.8. The molecule has 1 aliphatic carbocycles. The van der Waals surface area contributed by atoms with Crippen molar-refractivity contribution < 1.29 is 14.7 Å². The fourth-order valence-electron chi connectivity index (χ4n) is 2.46. The van der Waals surface area contributed by atoms with Gasteiger partial charge in [-0.2, -0.15) is 0 Å². The summed E-state index contributed by atoms with van der Waals surface area (Å²) >= 11 is 0. The van der Waals surface area contributed by atoms with Crippen LogP contribution < -0.4 is 0 Å². The van der Waals surface area contributed by atoms with E-state index in [1.807, 2.05) is 36.9 Å². The van der Waals surface area contributed by atoms with Crippen molar-refractivity contribution in [3.63, 3.8) is 0 Å². The van der Waals surface area contributed by atoms with Crippen LogP contribution >= 0.6 is 0 Å². The summed E-state index contributed by atoms with van der Waals surface area (Å²) in [6.07, 6.45) is 4.03. The molecule has 0 saturated heterocycles. The zero-order chi connectivity index (χ0) is 15.5. The fraction of sp³-hybridized carbons (Fsp3) is 0.562. The highest BCUT2D eigenvalue weighted by molar-refractivity contribution is 5.78. The van der Waals surface area contributed by atoms with Gasteiger partial charge in [-0.3, -0.25) is 14.6 Å². The van der Waals surface area contributed by atoms with Gasteiger partial charge in [0.25, 0.3) is 0 Å². The molecule has 5 heteroatoms. The first-order chi connectivity index (χ1) is 9.87. The Hall–Kier alpha value is -1.91. The number of pyridine rings is 1. The Morgan fingerprint density at radius 3 is 2.57 bits per heavy atom. The Morgan fingerprint density at radius 1 is 1.33 bits per heavy atom. The Kier molecular flexibility index (Phi) is 4.60. The number of carboxylic acid groups (broad SMARTS) is 1. The lowest BCUT2D eigenvalue weighted by Gasteiger charge is -2.28. The highest BCUT2D eigenvalue weighted by atomic mass is 16.4. The van der Waals surface area contributed by atoms with Crippen LogP contribution in [0.2, 0.25) is 0 Å². The summed E-state index contributed by atoms with van der Waals surface area (Å²) in [6, 6.07) is 5.96. The molecule has 1 amide bonds. The smallest absolute Gasteiger partial charge is 0.303 e. The molecule has 0 atom stereocenters. The summed E-state index contributed by atoms with van der Waals surface area (Å²) in [6.45, 7) is 4.16. The maximum absolute atomic E-state index is 12.5. The molecule has 1 N–H and O–H groups in total. The van der Waals surface area contributed by atoms with Crippen LogP contribution in [0.4, 0.5) is 0 Å². The third-order valence-electron chi connectivity index (χ3n) is 3.63. The van der Waals surface area contributed by atoms with E-state index in [1.54, 1.807) is 6.20 Å². The Bertz CT molecular complexity index is 510. The van der Waals surface area contributed by atoms with Crippen LogP contribution in [0, 0.1) is 5.41 Å². The van der Waals surface area contributed by atoms with E-state index in [0.29, 0.717) is 12.6 Å². The summed E-state index contributed by atoms with van der Waals surface area (Å²) < 4.78 is 0. The van der Waals surface area contributed by atoms with Crippen molar-refractivity contribution in [2.24, 2.45) is 5.41 Å². The first-order valence-corrected chi connectivity index (χ1v) is 7.28. The number of aromatic nitrogens is 1. The molecule has 1 aliphatic rings. The number of carbonyl (C=O) groups is 2. The number of aliphatic carboxylic acids is 1. The van der Waals surface area contributed by atoms with Crippen molar-refractivity contribution >= 4 is 11.9 Å². The minimum absolute atomic E-state index is 0.000827. The van der Waals surface area contributed by atoms with E-state index >= 15 is 0 Å². The quantitative estimate of drug-likeness (QED) is 0.837. The van der Waals surface area contributed by atoms with Crippen LogP contribution in [0.15, 0.2) is 24.4 Å². The number of hydrogen-bond acceptors (Lipinski definition) is 3. The second kappa shape index (κ2) is 6.24. The molecule has 21 heavy (non-hydrogen) atoms. The molecular formula is C16H22N2O3. The molecule has 5 nitrogen and oxygen atoms in total. The first-order valence-electron chi connectivity index (χ1n) is 7.28. The minimum Gasteiger partial charge on any atom is -0.481 e. The van der Waals surface area contributed by atoms with Crippen LogP contribution in [0.5, 0.6) is 0 Å². The van der Waals surface area contributed by atoms with Crippen molar-refractivity contribution in [3.05, 3.63) is 30.1 Å². The molecule has 2 rings (SSSR count). The predicted octanol–water partition coefficient (Wildman–Crippen LogP) is 2.46. The van der Waals surface area contributed by atoms with Crippen LogP contribution in [0.1, 0.15) is 45.2 Å². The van der Waals surface area contributed by atoms with Crippen LogP contribution in [-0.4, -0.2) is 32.9 Å². The van der Waals surface area contributed by atoms with Gasteiger partial charge in [0.15, 0.2) is 0 Å². The van der Waals surface area contributed by atoms with E-state index in [2.05, 4.69) is 4.98 Å². The minimum atomic E-state index is -0.865. The van der Waals surface area contributed by atoms with Crippen LogP contribution in [0.3, 0.4) is 0 Å². The largest absolute Gasteiger partial charge is 0.481 e. The molecule has 0 radical (unpaired) electrons. The van der Waals surface area contributed by atoms with E-state index in [1.165, 1.54) is 0 Å². The lowest BCUT2D eigenvalue weighted by atomic mass is 9.85. The van der Waals surface area contributed by atoms with Gasteiger partial charge in [0, 0.05) is 18.7 Å². The van der Waals surface area contributed by atoms with Gasteiger partial charge >= 0.3 is 5.97 Å². The lowest BCUT2D eigenvalue weighted by molar-refractivity contribution is -0.141. The van der Waals surface area contributed by atoms with Gasteiger partial charge in [0.2, 0.25) is 5.91 Å². The molecule has 0 bridgehead atoms. The monoisotopic (exact) mass is 290 g/mol. The molecule has 1 heterocycles. The van der Waals surface area contributed by atoms with Crippen molar-refractivity contribution in [1.82, 2.24) is 9.88 Å². The fourth-order valence-corrected chi connectivity index (χ4v) is 2.46. The standard InChI is InChI=1S/C16H22N2O3/c1-16(2,10-15(20)21)9-14(19)18(13-6-7-13)11-12-5-3-4-8-17-12/h3-5,8,13H,6-7,9-11H2,1-2H3,(H,20,21). The zero-order valence-electron chi connectivity index (χ0n) is 12.6. The third-order valence-corrected chi connectivity index (χ3v) is 3.63. The molecule has 1 saturated carbocycles. The van der Waals surface area contributed by atoms with Gasteiger partial charge in [0.1, 0.15) is 0 Å². The zero-order valence-corrected chi connectivity index (χ0v) is 12.6. The summed E-state index contributed by atoms with van der Waals surface area (Å²) in [5, 5.41) is 8.92. The van der Waals surface area contributed by atoms with E-state index in [-0.39, 0.29) is 18.7 Å². The lowest BCUT2D eigenvalue weighted by Crippen LogP contribution is -2.36. The molecule has 1 aromatic heterocycles. The Labute approximate surface area is 125 Å². The Balaban J connectivity index is 2.01. The molecule has 114 valence electrons. The molecule has 0 aromatic carbocycles. The maximum atomic E-state index is 12.5. The van der Waals surface area contributed by atoms with Gasteiger partial charge in [-0.05, 0) is 30.4 Å². The number of nitrogens with zero attached hydrogens (tertiary/aromatic N) is 2. The van der Waals surface area contributed by atoms with E-state index in [4.69, 9.17) is 5.11 Å². The molecular weight excluding hydrogens is 268 g/mol. The second-order valence-electron chi connectivity index (χ2n) is 6.49. The van der Waals surface area contributed by atoms with Crippen molar-refractivity contribution in [1.29, 1.82) is 0 Å². The molecule has 0 unspecified atom stereocenters. The summed E-state index contributed by atoms with van der Waals surface area (Å²) in [4.78, 5) is 29.5. The molecule has 1 fully saturated rings. The number of amides is 1. The summed E-state index contributed by atoms with van der Waals surface area (Å²) in [5.74, 6) is -0.843. The number of hydrogen-bond donors (Lipinski definition) is 1. The highest BCUT2D eigenvalue weighted by Crippen LogP contribution is 2.32. The average Bonchev–Trinajstić information content (AvgIpc) is 3.19. The van der Waals surface area contributed by atoms with Gasteiger partial charge in [-0.1, -0.05) is 19.9 Å². The number of carboxylic acids is 1. The number of rotatable bonds is 7. The highest BCUT2D eigenvalue weighted by Gasteiger charge is 2.35. The van der Waals surface area contributed by atoms with E-state index < -0.39 is 11.4 Å². The van der Waals surface area contributed by atoms with E-state index in [9.17, 15) is 9.59 Å². The van der Waals surface area contributed by atoms with Gasteiger partial charge < -0.3 is 10.0 Å². The summed E-state index contributed by atoms with van der Waals surface area (Å²) in [7, 11) is 0. The van der Waals surface area contributed by atoms with Crippen LogP contribution in [0.25, 0.3) is 0 Å². The van der Waals surface area contributed by atoms with Crippen LogP contribution in [-0.2, 0) is 16.1 Å². The molecule has 0 aliphatic heterocycles. The topological polar surface area (TPSA) is 70.5 Å². The molecule has 1 aromatic rings.